The van der Waals surface area contributed by atoms with Crippen molar-refractivity contribution in [1.82, 2.24) is 5.32 Å². The monoisotopic (exact) mass is 379 g/mol. The summed E-state index contributed by atoms with van der Waals surface area (Å²) in [7, 11) is 1.31. The number of methoxy groups -OCH3 is 1. The molecule has 0 heterocycles. The predicted octanol–water partition coefficient (Wildman–Crippen LogP) is 3.05. The minimum Gasteiger partial charge on any atom is -0.465 e. The topological polar surface area (TPSA) is 81.7 Å². The molecule has 0 spiro atoms. The Morgan fingerprint density at radius 3 is 2.32 bits per heavy atom. The fraction of sp³-hybridized carbons (Fsp3) is 0.227. The first-order valence-corrected chi connectivity index (χ1v) is 8.99. The van der Waals surface area contributed by atoms with Crippen LogP contribution >= 0.6 is 0 Å². The number of carbonyl (C=O) groups excluding carboxylic acids is 3. The van der Waals surface area contributed by atoms with Crippen LogP contribution in [0.5, 0.6) is 0 Å². The van der Waals surface area contributed by atoms with Crippen molar-refractivity contribution in [1.29, 1.82) is 0 Å². The summed E-state index contributed by atoms with van der Waals surface area (Å²) in [6.45, 7) is 0. The van der Waals surface area contributed by atoms with Gasteiger partial charge in [0.2, 0.25) is 6.10 Å². The first-order chi connectivity index (χ1) is 13.6. The fourth-order valence-corrected chi connectivity index (χ4v) is 2.57. The average Bonchev–Trinajstić information content (AvgIpc) is 3.54. The Bertz CT molecular complexity index is 870. The van der Waals surface area contributed by atoms with Crippen molar-refractivity contribution in [3.63, 3.8) is 0 Å². The first kappa shape index (κ1) is 19.4. The molecule has 0 aromatic heterocycles. The van der Waals surface area contributed by atoms with Crippen LogP contribution in [-0.2, 0) is 19.1 Å². The van der Waals surface area contributed by atoms with Crippen molar-refractivity contribution in [3.05, 3.63) is 77.4 Å². The molecule has 1 saturated carbocycles. The van der Waals surface area contributed by atoms with Crippen LogP contribution < -0.4 is 5.32 Å². The molecular formula is C22H21NO5. The summed E-state index contributed by atoms with van der Waals surface area (Å²) in [6, 6.07) is 15.7. The number of amides is 1. The van der Waals surface area contributed by atoms with Crippen LogP contribution in [0, 0.1) is 0 Å². The zero-order valence-electron chi connectivity index (χ0n) is 15.5. The van der Waals surface area contributed by atoms with Gasteiger partial charge in [0.1, 0.15) is 0 Å². The molecule has 0 aliphatic heterocycles. The van der Waals surface area contributed by atoms with Crippen LogP contribution in [0.15, 0.2) is 60.7 Å². The molecule has 1 aliphatic carbocycles. The molecule has 1 unspecified atom stereocenters. The van der Waals surface area contributed by atoms with Crippen molar-refractivity contribution in [2.75, 3.05) is 7.11 Å². The van der Waals surface area contributed by atoms with Crippen molar-refractivity contribution >= 4 is 23.9 Å². The number of hydrogen-bond donors (Lipinski definition) is 1. The van der Waals surface area contributed by atoms with E-state index in [4.69, 9.17) is 4.74 Å². The van der Waals surface area contributed by atoms with E-state index >= 15 is 0 Å². The van der Waals surface area contributed by atoms with E-state index in [-0.39, 0.29) is 11.9 Å². The van der Waals surface area contributed by atoms with Gasteiger partial charge >= 0.3 is 11.9 Å². The number of ether oxygens (including phenoxy) is 2. The molecular weight excluding hydrogens is 358 g/mol. The second kappa shape index (κ2) is 8.99. The summed E-state index contributed by atoms with van der Waals surface area (Å²) in [5, 5.41) is 2.87. The highest BCUT2D eigenvalue weighted by Crippen LogP contribution is 2.23. The van der Waals surface area contributed by atoms with Crippen molar-refractivity contribution in [3.8, 4) is 0 Å². The van der Waals surface area contributed by atoms with Gasteiger partial charge in [0, 0.05) is 17.7 Å². The van der Waals surface area contributed by atoms with Gasteiger partial charge in [0.15, 0.2) is 0 Å². The van der Waals surface area contributed by atoms with E-state index in [1.165, 1.54) is 13.2 Å². The first-order valence-electron chi connectivity index (χ1n) is 8.99. The lowest BCUT2D eigenvalue weighted by Crippen LogP contribution is -2.33. The molecule has 0 bridgehead atoms. The van der Waals surface area contributed by atoms with Crippen LogP contribution in [0.1, 0.15) is 40.4 Å². The van der Waals surface area contributed by atoms with Crippen molar-refractivity contribution in [2.24, 2.45) is 0 Å². The van der Waals surface area contributed by atoms with Crippen molar-refractivity contribution < 1.29 is 23.9 Å². The Balaban J connectivity index is 1.66. The highest BCUT2D eigenvalue weighted by molar-refractivity contribution is 5.92. The molecule has 28 heavy (non-hydrogen) atoms. The lowest BCUT2D eigenvalue weighted by Gasteiger charge is -2.17. The number of nitrogens with one attached hydrogen (secondary N) is 1. The predicted molar refractivity (Wildman–Crippen MR) is 103 cm³/mol. The second-order valence-corrected chi connectivity index (χ2v) is 6.46. The number of rotatable bonds is 7. The second-order valence-electron chi connectivity index (χ2n) is 6.46. The third-order valence-corrected chi connectivity index (χ3v) is 4.24. The Kier molecular flexibility index (Phi) is 6.22. The molecule has 1 aliphatic rings. The van der Waals surface area contributed by atoms with Gasteiger partial charge < -0.3 is 14.8 Å². The van der Waals surface area contributed by atoms with Crippen LogP contribution in [0.2, 0.25) is 0 Å². The molecule has 1 N–H and O–H groups in total. The van der Waals surface area contributed by atoms with E-state index in [1.54, 1.807) is 54.6 Å². The number of hydrogen-bond acceptors (Lipinski definition) is 5. The molecule has 2 aromatic rings. The highest BCUT2D eigenvalue weighted by Gasteiger charge is 2.30. The van der Waals surface area contributed by atoms with E-state index in [1.807, 2.05) is 6.07 Å². The Hall–Kier alpha value is -3.41. The third-order valence-electron chi connectivity index (χ3n) is 4.24. The zero-order chi connectivity index (χ0) is 19.9. The van der Waals surface area contributed by atoms with Gasteiger partial charge in [0.05, 0.1) is 12.7 Å². The highest BCUT2D eigenvalue weighted by atomic mass is 16.5. The smallest absolute Gasteiger partial charge is 0.337 e. The van der Waals surface area contributed by atoms with Gasteiger partial charge in [-0.2, -0.15) is 0 Å². The van der Waals surface area contributed by atoms with E-state index in [9.17, 15) is 14.4 Å². The lowest BCUT2D eigenvalue weighted by atomic mass is 10.1. The SMILES string of the molecule is COC(=O)c1ccc(/C=C/C(=O)OC(C(=O)NC2CC2)c2ccccc2)cc1. The van der Waals surface area contributed by atoms with Gasteiger partial charge in [-0.1, -0.05) is 42.5 Å². The molecule has 6 nitrogen and oxygen atoms in total. The van der Waals surface area contributed by atoms with Crippen LogP contribution in [0.3, 0.4) is 0 Å². The molecule has 0 saturated heterocycles. The molecule has 6 heteroatoms. The van der Waals surface area contributed by atoms with E-state index in [0.29, 0.717) is 16.7 Å². The number of esters is 2. The van der Waals surface area contributed by atoms with E-state index in [0.717, 1.165) is 12.8 Å². The van der Waals surface area contributed by atoms with Crippen LogP contribution in [0.4, 0.5) is 0 Å². The average molecular weight is 379 g/mol. The number of benzene rings is 2. The van der Waals surface area contributed by atoms with Crippen LogP contribution in [-0.4, -0.2) is 31.0 Å². The molecule has 0 radical (unpaired) electrons. The third kappa shape index (κ3) is 5.30. The minimum absolute atomic E-state index is 0.168. The quantitative estimate of drug-likeness (QED) is 0.591. The van der Waals surface area contributed by atoms with Gasteiger partial charge in [-0.15, -0.1) is 0 Å². The maximum atomic E-state index is 12.5. The number of carbonyl (C=O) groups is 3. The summed E-state index contributed by atoms with van der Waals surface area (Å²) in [4.78, 5) is 36.2. The van der Waals surface area contributed by atoms with Gasteiger partial charge in [-0.3, -0.25) is 4.79 Å². The van der Waals surface area contributed by atoms with Gasteiger partial charge in [0.25, 0.3) is 5.91 Å². The zero-order valence-corrected chi connectivity index (χ0v) is 15.5. The molecule has 1 amide bonds. The normalized spacial score (nSPS) is 14.3. The Morgan fingerprint density at radius 1 is 1.04 bits per heavy atom. The molecule has 2 aromatic carbocycles. The van der Waals surface area contributed by atoms with Gasteiger partial charge in [-0.25, -0.2) is 9.59 Å². The lowest BCUT2D eigenvalue weighted by molar-refractivity contribution is -0.151. The summed E-state index contributed by atoms with van der Waals surface area (Å²) in [6.07, 6.45) is 3.71. The minimum atomic E-state index is -0.999. The fourth-order valence-electron chi connectivity index (χ4n) is 2.57. The standard InChI is InChI=1S/C22H21NO5/c1-27-22(26)17-10-7-15(8-11-17)9-14-19(24)28-20(16-5-3-2-4-6-16)21(25)23-18-12-13-18/h2-11,14,18,20H,12-13H2,1H3,(H,23,25)/b14-9+. The maximum absolute atomic E-state index is 12.5. The summed E-state index contributed by atoms with van der Waals surface area (Å²) >= 11 is 0. The Morgan fingerprint density at radius 2 is 1.71 bits per heavy atom. The summed E-state index contributed by atoms with van der Waals surface area (Å²) in [5.41, 5.74) is 1.75. The van der Waals surface area contributed by atoms with E-state index < -0.39 is 18.0 Å². The largest absolute Gasteiger partial charge is 0.465 e. The van der Waals surface area contributed by atoms with Crippen molar-refractivity contribution in [2.45, 2.75) is 25.0 Å². The Labute approximate surface area is 163 Å². The molecule has 1 fully saturated rings. The summed E-state index contributed by atoms with van der Waals surface area (Å²) in [5.74, 6) is -1.38. The molecule has 1 atom stereocenters. The van der Waals surface area contributed by atoms with E-state index in [2.05, 4.69) is 10.1 Å². The summed E-state index contributed by atoms with van der Waals surface area (Å²) < 4.78 is 10.1. The van der Waals surface area contributed by atoms with Crippen LogP contribution in [0.25, 0.3) is 6.08 Å². The van der Waals surface area contributed by atoms with Gasteiger partial charge in [-0.05, 0) is 36.6 Å². The maximum Gasteiger partial charge on any atom is 0.337 e. The molecule has 3 rings (SSSR count). The molecule has 144 valence electrons.